The highest BCUT2D eigenvalue weighted by molar-refractivity contribution is 7.23. The van der Waals surface area contributed by atoms with E-state index in [2.05, 4.69) is 4.98 Å². The first-order chi connectivity index (χ1) is 10.7. The summed E-state index contributed by atoms with van der Waals surface area (Å²) in [7, 11) is 0. The Morgan fingerprint density at radius 1 is 1.05 bits per heavy atom. The van der Waals surface area contributed by atoms with Crippen molar-refractivity contribution in [3.63, 3.8) is 0 Å². The maximum Gasteiger partial charge on any atom is 0.195 e. The molecule has 0 N–H and O–H groups in total. The second kappa shape index (κ2) is 4.71. The van der Waals surface area contributed by atoms with Crippen LogP contribution in [0.25, 0.3) is 26.4 Å². The first kappa shape index (κ1) is 13.1. The van der Waals surface area contributed by atoms with Crippen molar-refractivity contribution in [2.45, 2.75) is 0 Å². The molecular weight excluding hydrogens is 306 g/mol. The standard InChI is InChI=1S/C16H8F2N2OS/c17-10-3-1-9(2-4-10)15-13(8-21)20-12-6-5-11(18)7-14(12)22-16(20)19-15/h1-8H. The molecule has 4 rings (SSSR count). The average Bonchev–Trinajstić information content (AvgIpc) is 3.02. The molecule has 6 heteroatoms. The summed E-state index contributed by atoms with van der Waals surface area (Å²) in [5.41, 5.74) is 2.26. The minimum absolute atomic E-state index is 0.330. The molecule has 2 aromatic heterocycles. The number of nitrogens with zero attached hydrogens (tertiary/aromatic N) is 2. The highest BCUT2D eigenvalue weighted by Gasteiger charge is 2.18. The van der Waals surface area contributed by atoms with Crippen molar-refractivity contribution in [1.82, 2.24) is 9.38 Å². The Bertz CT molecular complexity index is 1020. The quantitative estimate of drug-likeness (QED) is 0.517. The molecule has 2 aromatic carbocycles. The van der Waals surface area contributed by atoms with Crippen molar-refractivity contribution in [1.29, 1.82) is 0 Å². The van der Waals surface area contributed by atoms with Crippen LogP contribution in [0.15, 0.2) is 42.5 Å². The third-order valence-corrected chi connectivity index (χ3v) is 4.48. The van der Waals surface area contributed by atoms with Crippen molar-refractivity contribution in [3.8, 4) is 11.3 Å². The Labute approximate surface area is 127 Å². The minimum Gasteiger partial charge on any atom is -0.296 e. The number of hydrogen-bond acceptors (Lipinski definition) is 3. The summed E-state index contributed by atoms with van der Waals surface area (Å²) in [6.07, 6.45) is 0.716. The molecular formula is C16H8F2N2OS. The van der Waals surface area contributed by atoms with Gasteiger partial charge in [-0.25, -0.2) is 13.8 Å². The van der Waals surface area contributed by atoms with Crippen LogP contribution >= 0.6 is 11.3 Å². The number of thiazole rings is 1. The smallest absolute Gasteiger partial charge is 0.195 e. The number of carbonyl (C=O) groups excluding carboxylic acids is 1. The van der Waals surface area contributed by atoms with E-state index >= 15 is 0 Å². The summed E-state index contributed by atoms with van der Waals surface area (Å²) >= 11 is 1.30. The van der Waals surface area contributed by atoms with Crippen LogP contribution in [0.5, 0.6) is 0 Å². The van der Waals surface area contributed by atoms with Gasteiger partial charge in [-0.15, -0.1) is 0 Å². The topological polar surface area (TPSA) is 34.4 Å². The third kappa shape index (κ3) is 1.84. The number of fused-ring (bicyclic) bond motifs is 3. The molecule has 0 bridgehead atoms. The van der Waals surface area contributed by atoms with Crippen molar-refractivity contribution < 1.29 is 13.6 Å². The Balaban J connectivity index is 2.04. The number of aromatic nitrogens is 2. The molecule has 22 heavy (non-hydrogen) atoms. The minimum atomic E-state index is -0.349. The first-order valence-electron chi connectivity index (χ1n) is 6.49. The fourth-order valence-electron chi connectivity index (χ4n) is 2.49. The fourth-order valence-corrected chi connectivity index (χ4v) is 3.55. The number of rotatable bonds is 2. The van der Waals surface area contributed by atoms with Gasteiger partial charge in [-0.05, 0) is 42.5 Å². The Morgan fingerprint density at radius 2 is 1.77 bits per heavy atom. The van der Waals surface area contributed by atoms with Gasteiger partial charge in [0, 0.05) is 5.56 Å². The summed E-state index contributed by atoms with van der Waals surface area (Å²) < 4.78 is 28.8. The van der Waals surface area contributed by atoms with Gasteiger partial charge < -0.3 is 0 Å². The lowest BCUT2D eigenvalue weighted by Crippen LogP contribution is -1.92. The van der Waals surface area contributed by atoms with E-state index in [0.29, 0.717) is 28.2 Å². The Morgan fingerprint density at radius 3 is 2.50 bits per heavy atom. The van der Waals surface area contributed by atoms with E-state index < -0.39 is 0 Å². The van der Waals surface area contributed by atoms with Crippen molar-refractivity contribution >= 4 is 32.8 Å². The maximum atomic E-state index is 13.3. The lowest BCUT2D eigenvalue weighted by molar-refractivity contribution is 0.111. The molecule has 4 aromatic rings. The summed E-state index contributed by atoms with van der Waals surface area (Å²) in [6, 6.07) is 10.2. The number of carbonyl (C=O) groups is 1. The van der Waals surface area contributed by atoms with E-state index in [1.165, 1.54) is 35.6 Å². The number of halogens is 2. The second-order valence-corrected chi connectivity index (χ2v) is 5.81. The maximum absolute atomic E-state index is 13.3. The van der Waals surface area contributed by atoms with Gasteiger partial charge in [0.25, 0.3) is 0 Å². The van der Waals surface area contributed by atoms with E-state index in [-0.39, 0.29) is 11.6 Å². The zero-order valence-electron chi connectivity index (χ0n) is 11.1. The summed E-state index contributed by atoms with van der Waals surface area (Å²) in [4.78, 5) is 16.6. The molecule has 108 valence electrons. The highest BCUT2D eigenvalue weighted by atomic mass is 32.1. The van der Waals surface area contributed by atoms with Crippen LogP contribution in [0.3, 0.4) is 0 Å². The lowest BCUT2D eigenvalue weighted by Gasteiger charge is -1.99. The van der Waals surface area contributed by atoms with Crippen molar-refractivity contribution in [2.24, 2.45) is 0 Å². The van der Waals surface area contributed by atoms with Crippen LogP contribution in [0.1, 0.15) is 10.5 Å². The molecule has 0 aliphatic heterocycles. The normalized spacial score (nSPS) is 11.4. The predicted molar refractivity (Wildman–Crippen MR) is 81.3 cm³/mol. The molecule has 0 aliphatic carbocycles. The Hall–Kier alpha value is -2.60. The predicted octanol–water partition coefficient (Wildman–Crippen LogP) is 4.31. The van der Waals surface area contributed by atoms with Gasteiger partial charge in [0.05, 0.1) is 10.2 Å². The number of aldehydes is 1. The molecule has 0 spiro atoms. The lowest BCUT2D eigenvalue weighted by atomic mass is 10.1. The van der Waals surface area contributed by atoms with Crippen LogP contribution < -0.4 is 0 Å². The monoisotopic (exact) mass is 314 g/mol. The van der Waals surface area contributed by atoms with Gasteiger partial charge in [-0.2, -0.15) is 0 Å². The van der Waals surface area contributed by atoms with Gasteiger partial charge >= 0.3 is 0 Å². The zero-order valence-corrected chi connectivity index (χ0v) is 11.9. The molecule has 0 unspecified atom stereocenters. The van der Waals surface area contributed by atoms with Crippen molar-refractivity contribution in [2.75, 3.05) is 0 Å². The largest absolute Gasteiger partial charge is 0.296 e. The summed E-state index contributed by atoms with van der Waals surface area (Å²) in [6.45, 7) is 0. The van der Waals surface area contributed by atoms with Gasteiger partial charge in [0.1, 0.15) is 23.0 Å². The van der Waals surface area contributed by atoms with Gasteiger partial charge in [-0.1, -0.05) is 11.3 Å². The molecule has 0 radical (unpaired) electrons. The van der Waals surface area contributed by atoms with E-state index in [4.69, 9.17) is 0 Å². The van der Waals surface area contributed by atoms with Gasteiger partial charge in [0.2, 0.25) is 0 Å². The SMILES string of the molecule is O=Cc1c(-c2ccc(F)cc2)nc2sc3cc(F)ccc3n12. The zero-order chi connectivity index (χ0) is 15.3. The van der Waals surface area contributed by atoms with Crippen molar-refractivity contribution in [3.05, 3.63) is 59.8 Å². The molecule has 0 fully saturated rings. The van der Waals surface area contributed by atoms with Gasteiger partial charge in [0.15, 0.2) is 11.2 Å². The van der Waals surface area contributed by atoms with Crippen LogP contribution in [0.4, 0.5) is 8.78 Å². The number of hydrogen-bond donors (Lipinski definition) is 0. The molecule has 0 saturated carbocycles. The second-order valence-electron chi connectivity index (χ2n) is 4.80. The van der Waals surface area contributed by atoms with Crippen LogP contribution in [-0.4, -0.2) is 15.7 Å². The van der Waals surface area contributed by atoms with E-state index in [1.54, 1.807) is 22.6 Å². The molecule has 0 saturated heterocycles. The molecule has 0 atom stereocenters. The number of imidazole rings is 1. The van der Waals surface area contributed by atoms with E-state index in [0.717, 1.165) is 10.2 Å². The first-order valence-corrected chi connectivity index (χ1v) is 7.30. The average molecular weight is 314 g/mol. The van der Waals surface area contributed by atoms with E-state index in [9.17, 15) is 13.6 Å². The van der Waals surface area contributed by atoms with Crippen LogP contribution in [0.2, 0.25) is 0 Å². The number of benzene rings is 2. The highest BCUT2D eigenvalue weighted by Crippen LogP contribution is 2.32. The van der Waals surface area contributed by atoms with Crippen LogP contribution in [0, 0.1) is 11.6 Å². The molecule has 2 heterocycles. The van der Waals surface area contributed by atoms with Crippen LogP contribution in [-0.2, 0) is 0 Å². The molecule has 0 aliphatic rings. The Kier molecular flexibility index (Phi) is 2.80. The third-order valence-electron chi connectivity index (χ3n) is 3.48. The molecule has 3 nitrogen and oxygen atoms in total. The van der Waals surface area contributed by atoms with E-state index in [1.807, 2.05) is 0 Å². The summed E-state index contributed by atoms with van der Waals surface area (Å²) in [5, 5.41) is 0. The molecule has 0 amide bonds. The van der Waals surface area contributed by atoms with Gasteiger partial charge in [-0.3, -0.25) is 9.20 Å². The summed E-state index contributed by atoms with van der Waals surface area (Å²) in [5.74, 6) is -0.679. The fraction of sp³-hybridized carbons (Fsp3) is 0.